The van der Waals surface area contributed by atoms with Gasteiger partial charge in [0.1, 0.15) is 0 Å². The van der Waals surface area contributed by atoms with Gasteiger partial charge in [0.2, 0.25) is 0 Å². The molecule has 0 aliphatic heterocycles. The maximum atomic E-state index is 11.2. The zero-order chi connectivity index (χ0) is 8.43. The molecule has 0 unspecified atom stereocenters. The molecule has 1 rings (SSSR count). The van der Waals surface area contributed by atoms with Crippen LogP contribution >= 0.6 is 15.9 Å². The van der Waals surface area contributed by atoms with Gasteiger partial charge in [-0.05, 0) is 19.1 Å². The quantitative estimate of drug-likeness (QED) is 0.489. The number of alkyl halides is 1. The molecule has 0 N–H and O–H groups in total. The second-order valence-corrected chi connectivity index (χ2v) is 2.92. The first-order valence-electron chi connectivity index (χ1n) is 3.18. The molecule has 0 fully saturated rings. The number of carbonyl (C=O) groups excluding carboxylic acids is 2. The van der Waals surface area contributed by atoms with Crippen LogP contribution in [0.2, 0.25) is 0 Å². The highest BCUT2D eigenvalue weighted by Gasteiger charge is 2.16. The second kappa shape index (κ2) is 3.13. The standard InChI is InChI=1S/C8H7BrO2/c1-5-2-7(10)3-6(4-9)8(5)11/h2-3H,4H2,1H3. The first-order valence-corrected chi connectivity index (χ1v) is 4.31. The number of rotatable bonds is 1. The Morgan fingerprint density at radius 1 is 1.36 bits per heavy atom. The highest BCUT2D eigenvalue weighted by Crippen LogP contribution is 2.13. The molecular weight excluding hydrogens is 208 g/mol. The summed E-state index contributed by atoms with van der Waals surface area (Å²) in [6.45, 7) is 1.65. The van der Waals surface area contributed by atoms with Crippen molar-refractivity contribution in [3.05, 3.63) is 23.3 Å². The molecule has 58 valence electrons. The highest BCUT2D eigenvalue weighted by atomic mass is 79.9. The SMILES string of the molecule is CC1=CC(=O)C=C(CBr)C1=O. The monoisotopic (exact) mass is 214 g/mol. The van der Waals surface area contributed by atoms with E-state index in [2.05, 4.69) is 15.9 Å². The first kappa shape index (κ1) is 8.40. The third-order valence-electron chi connectivity index (χ3n) is 1.47. The van der Waals surface area contributed by atoms with Crippen molar-refractivity contribution in [2.75, 3.05) is 5.33 Å². The topological polar surface area (TPSA) is 34.1 Å². The van der Waals surface area contributed by atoms with Crippen LogP contribution in [0.1, 0.15) is 6.92 Å². The van der Waals surface area contributed by atoms with Crippen molar-refractivity contribution in [1.82, 2.24) is 0 Å². The lowest BCUT2D eigenvalue weighted by Gasteiger charge is -2.06. The fraction of sp³-hybridized carbons (Fsp3) is 0.250. The average Bonchev–Trinajstić information content (AvgIpc) is 1.96. The highest BCUT2D eigenvalue weighted by molar-refractivity contribution is 9.09. The molecule has 0 aromatic carbocycles. The molecule has 0 aromatic heterocycles. The summed E-state index contributed by atoms with van der Waals surface area (Å²) in [4.78, 5) is 22.0. The molecule has 2 nitrogen and oxygen atoms in total. The van der Waals surface area contributed by atoms with Gasteiger partial charge in [0, 0.05) is 16.5 Å². The first-order chi connectivity index (χ1) is 5.15. The summed E-state index contributed by atoms with van der Waals surface area (Å²) in [5.74, 6) is -0.141. The summed E-state index contributed by atoms with van der Waals surface area (Å²) in [5.41, 5.74) is 1.06. The van der Waals surface area contributed by atoms with Gasteiger partial charge in [-0.1, -0.05) is 15.9 Å². The van der Waals surface area contributed by atoms with Gasteiger partial charge in [0.25, 0.3) is 0 Å². The van der Waals surface area contributed by atoms with Crippen LogP contribution < -0.4 is 0 Å². The largest absolute Gasteiger partial charge is 0.290 e. The van der Waals surface area contributed by atoms with Gasteiger partial charge < -0.3 is 0 Å². The molecule has 0 heterocycles. The predicted octanol–water partition coefficient (Wildman–Crippen LogP) is 1.41. The number of Topliss-reactive ketones (excluding diaryl/α,β-unsaturated/α-hetero) is 1. The average molecular weight is 215 g/mol. The van der Waals surface area contributed by atoms with E-state index in [0.29, 0.717) is 16.5 Å². The van der Waals surface area contributed by atoms with Gasteiger partial charge in [-0.15, -0.1) is 0 Å². The number of carbonyl (C=O) groups is 2. The maximum absolute atomic E-state index is 11.2. The lowest BCUT2D eigenvalue weighted by Crippen LogP contribution is -2.13. The molecule has 1 aliphatic rings. The van der Waals surface area contributed by atoms with Crippen molar-refractivity contribution in [2.45, 2.75) is 6.92 Å². The van der Waals surface area contributed by atoms with Crippen LogP contribution in [0.15, 0.2) is 23.3 Å². The molecule has 0 bridgehead atoms. The third-order valence-corrected chi connectivity index (χ3v) is 2.07. The van der Waals surface area contributed by atoms with Crippen molar-refractivity contribution in [1.29, 1.82) is 0 Å². The zero-order valence-corrected chi connectivity index (χ0v) is 7.64. The van der Waals surface area contributed by atoms with Gasteiger partial charge in [-0.3, -0.25) is 9.59 Å². The number of allylic oxidation sites excluding steroid dienone is 4. The normalized spacial score (nSPS) is 18.0. The van der Waals surface area contributed by atoms with Crippen molar-refractivity contribution < 1.29 is 9.59 Å². The minimum absolute atomic E-state index is 0.0403. The van der Waals surface area contributed by atoms with E-state index in [4.69, 9.17) is 0 Å². The number of ketones is 2. The lowest BCUT2D eigenvalue weighted by molar-refractivity contribution is -0.115. The Kier molecular flexibility index (Phi) is 2.39. The van der Waals surface area contributed by atoms with E-state index in [1.165, 1.54) is 12.2 Å². The van der Waals surface area contributed by atoms with Crippen LogP contribution in [0.4, 0.5) is 0 Å². The van der Waals surface area contributed by atoms with Gasteiger partial charge in [0.15, 0.2) is 11.6 Å². The minimum atomic E-state index is -0.100. The molecule has 0 saturated carbocycles. The van der Waals surface area contributed by atoms with E-state index in [1.54, 1.807) is 6.92 Å². The Morgan fingerprint density at radius 2 is 2.00 bits per heavy atom. The van der Waals surface area contributed by atoms with Gasteiger partial charge >= 0.3 is 0 Å². The van der Waals surface area contributed by atoms with Crippen LogP contribution in [0.5, 0.6) is 0 Å². The van der Waals surface area contributed by atoms with Crippen molar-refractivity contribution in [3.8, 4) is 0 Å². The molecule has 0 amide bonds. The summed E-state index contributed by atoms with van der Waals surface area (Å²) in [6, 6.07) is 0. The molecule has 11 heavy (non-hydrogen) atoms. The van der Waals surface area contributed by atoms with E-state index >= 15 is 0 Å². The minimum Gasteiger partial charge on any atom is -0.290 e. The summed E-state index contributed by atoms with van der Waals surface area (Å²) in [5, 5.41) is 0.447. The Bertz CT molecular complexity index is 274. The Morgan fingerprint density at radius 3 is 2.55 bits per heavy atom. The van der Waals surface area contributed by atoms with Crippen molar-refractivity contribution in [2.24, 2.45) is 0 Å². The van der Waals surface area contributed by atoms with Crippen LogP contribution in [0, 0.1) is 0 Å². The molecular formula is C8H7BrO2. The predicted molar refractivity (Wildman–Crippen MR) is 45.6 cm³/mol. The van der Waals surface area contributed by atoms with Gasteiger partial charge in [0.05, 0.1) is 0 Å². The summed E-state index contributed by atoms with van der Waals surface area (Å²) in [7, 11) is 0. The number of hydrogen-bond donors (Lipinski definition) is 0. The molecule has 0 aromatic rings. The second-order valence-electron chi connectivity index (χ2n) is 2.36. The maximum Gasteiger partial charge on any atom is 0.185 e. The van der Waals surface area contributed by atoms with E-state index in [1.807, 2.05) is 0 Å². The number of hydrogen-bond acceptors (Lipinski definition) is 2. The lowest BCUT2D eigenvalue weighted by atomic mass is 9.99. The zero-order valence-electron chi connectivity index (χ0n) is 6.06. The summed E-state index contributed by atoms with van der Waals surface area (Å²) in [6.07, 6.45) is 2.72. The van der Waals surface area contributed by atoms with Crippen LogP contribution in [0.25, 0.3) is 0 Å². The Hall–Kier alpha value is -0.700. The number of halogens is 1. The van der Waals surface area contributed by atoms with E-state index in [9.17, 15) is 9.59 Å². The van der Waals surface area contributed by atoms with Gasteiger partial charge in [-0.25, -0.2) is 0 Å². The fourth-order valence-corrected chi connectivity index (χ4v) is 1.33. The van der Waals surface area contributed by atoms with Crippen molar-refractivity contribution >= 4 is 27.5 Å². The van der Waals surface area contributed by atoms with Crippen molar-refractivity contribution in [3.63, 3.8) is 0 Å². The van der Waals surface area contributed by atoms with Crippen LogP contribution in [0.3, 0.4) is 0 Å². The Balaban J connectivity index is 3.00. The molecule has 0 radical (unpaired) electrons. The van der Waals surface area contributed by atoms with E-state index in [0.717, 1.165) is 0 Å². The van der Waals surface area contributed by atoms with E-state index < -0.39 is 0 Å². The molecule has 0 saturated heterocycles. The van der Waals surface area contributed by atoms with Crippen LogP contribution in [-0.2, 0) is 9.59 Å². The van der Waals surface area contributed by atoms with Crippen LogP contribution in [-0.4, -0.2) is 16.9 Å². The molecule has 1 aliphatic carbocycles. The molecule has 0 spiro atoms. The smallest absolute Gasteiger partial charge is 0.185 e. The summed E-state index contributed by atoms with van der Waals surface area (Å²) >= 11 is 3.14. The van der Waals surface area contributed by atoms with Gasteiger partial charge in [-0.2, -0.15) is 0 Å². The Labute approximate surface area is 73.1 Å². The van der Waals surface area contributed by atoms with E-state index in [-0.39, 0.29) is 11.6 Å². The third kappa shape index (κ3) is 1.66. The molecule has 0 atom stereocenters. The molecule has 3 heteroatoms. The summed E-state index contributed by atoms with van der Waals surface area (Å²) < 4.78 is 0. The fourth-order valence-electron chi connectivity index (χ4n) is 0.910.